The maximum atomic E-state index is 9.50. The monoisotopic (exact) mass is 143 g/mol. The number of aliphatic hydroxyl groups is 1. The normalized spacial score (nSPS) is 41.7. The van der Waals surface area contributed by atoms with Gasteiger partial charge in [0.1, 0.15) is 0 Å². The van der Waals surface area contributed by atoms with E-state index in [2.05, 4.69) is 19.2 Å². The molecule has 60 valence electrons. The summed E-state index contributed by atoms with van der Waals surface area (Å²) >= 11 is 0. The summed E-state index contributed by atoms with van der Waals surface area (Å²) in [5, 5.41) is 12.9. The minimum absolute atomic E-state index is 0.0683. The number of hydrogen-bond acceptors (Lipinski definition) is 2. The first-order chi connectivity index (χ1) is 4.74. The molecule has 1 fully saturated rings. The van der Waals surface area contributed by atoms with Gasteiger partial charge in [0, 0.05) is 12.6 Å². The molecule has 2 heteroatoms. The van der Waals surface area contributed by atoms with Crippen LogP contribution in [0.3, 0.4) is 0 Å². The van der Waals surface area contributed by atoms with Gasteiger partial charge in [0.05, 0.1) is 6.10 Å². The van der Waals surface area contributed by atoms with E-state index in [1.807, 2.05) is 0 Å². The largest absolute Gasteiger partial charge is 0.393 e. The van der Waals surface area contributed by atoms with Crippen molar-refractivity contribution in [3.8, 4) is 0 Å². The predicted molar refractivity (Wildman–Crippen MR) is 41.9 cm³/mol. The van der Waals surface area contributed by atoms with Gasteiger partial charge in [-0.15, -0.1) is 0 Å². The summed E-state index contributed by atoms with van der Waals surface area (Å²) in [5.74, 6) is 0.483. The molecular weight excluding hydrogens is 126 g/mol. The predicted octanol–water partition coefficient (Wildman–Crippen LogP) is 0.755. The highest BCUT2D eigenvalue weighted by molar-refractivity contribution is 4.80. The number of nitrogens with one attached hydrogen (secondary N) is 1. The first-order valence-corrected chi connectivity index (χ1v) is 4.15. The van der Waals surface area contributed by atoms with E-state index in [1.54, 1.807) is 0 Å². The lowest BCUT2D eigenvalue weighted by Crippen LogP contribution is -2.44. The van der Waals surface area contributed by atoms with E-state index < -0.39 is 0 Å². The average Bonchev–Trinajstić information content (AvgIpc) is 1.88. The van der Waals surface area contributed by atoms with Gasteiger partial charge in [-0.2, -0.15) is 0 Å². The summed E-state index contributed by atoms with van der Waals surface area (Å²) in [4.78, 5) is 0. The molecule has 1 aliphatic rings. The fourth-order valence-corrected chi connectivity index (χ4v) is 1.54. The van der Waals surface area contributed by atoms with E-state index in [0.29, 0.717) is 12.0 Å². The molecule has 1 saturated heterocycles. The van der Waals surface area contributed by atoms with E-state index in [0.717, 1.165) is 19.4 Å². The minimum Gasteiger partial charge on any atom is -0.393 e. The maximum absolute atomic E-state index is 9.50. The summed E-state index contributed by atoms with van der Waals surface area (Å²) in [7, 11) is 0. The smallest absolute Gasteiger partial charge is 0.0595 e. The Labute approximate surface area is 62.6 Å². The highest BCUT2D eigenvalue weighted by atomic mass is 16.3. The molecule has 0 amide bonds. The van der Waals surface area contributed by atoms with Gasteiger partial charge in [0.2, 0.25) is 0 Å². The third kappa shape index (κ3) is 1.70. The van der Waals surface area contributed by atoms with Crippen molar-refractivity contribution in [3.05, 3.63) is 0 Å². The van der Waals surface area contributed by atoms with Crippen LogP contribution in [-0.2, 0) is 0 Å². The van der Waals surface area contributed by atoms with E-state index >= 15 is 0 Å². The molecule has 0 aromatic heterocycles. The highest BCUT2D eigenvalue weighted by Crippen LogP contribution is 2.17. The summed E-state index contributed by atoms with van der Waals surface area (Å²) in [5.41, 5.74) is 0. The molecule has 0 aromatic rings. The zero-order valence-corrected chi connectivity index (χ0v) is 6.80. The highest BCUT2D eigenvalue weighted by Gasteiger charge is 2.24. The van der Waals surface area contributed by atoms with Crippen LogP contribution >= 0.6 is 0 Å². The van der Waals surface area contributed by atoms with Crippen molar-refractivity contribution in [1.29, 1.82) is 0 Å². The molecule has 0 radical (unpaired) electrons. The van der Waals surface area contributed by atoms with E-state index in [9.17, 15) is 5.11 Å². The number of hydrogen-bond donors (Lipinski definition) is 2. The van der Waals surface area contributed by atoms with Crippen molar-refractivity contribution in [1.82, 2.24) is 5.32 Å². The Morgan fingerprint density at radius 1 is 1.60 bits per heavy atom. The van der Waals surface area contributed by atoms with Crippen LogP contribution in [0.15, 0.2) is 0 Å². The number of rotatable bonds is 1. The van der Waals surface area contributed by atoms with Crippen molar-refractivity contribution in [2.24, 2.45) is 5.92 Å². The summed E-state index contributed by atoms with van der Waals surface area (Å²) < 4.78 is 0. The fraction of sp³-hybridized carbons (Fsp3) is 1.00. The van der Waals surface area contributed by atoms with Crippen molar-refractivity contribution in [2.45, 2.75) is 38.8 Å². The molecular formula is C8H17NO. The first-order valence-electron chi connectivity index (χ1n) is 4.15. The quantitative estimate of drug-likeness (QED) is 0.568. The lowest BCUT2D eigenvalue weighted by atomic mass is 9.90. The third-order valence-electron chi connectivity index (χ3n) is 2.39. The molecule has 3 atom stereocenters. The molecule has 1 aliphatic heterocycles. The molecule has 10 heavy (non-hydrogen) atoms. The Hall–Kier alpha value is -0.0800. The lowest BCUT2D eigenvalue weighted by Gasteiger charge is -2.31. The maximum Gasteiger partial charge on any atom is 0.0595 e. The van der Waals surface area contributed by atoms with Crippen molar-refractivity contribution >= 4 is 0 Å². The molecule has 1 heterocycles. The van der Waals surface area contributed by atoms with Crippen molar-refractivity contribution < 1.29 is 5.11 Å². The molecule has 2 unspecified atom stereocenters. The van der Waals surface area contributed by atoms with Gasteiger partial charge in [-0.25, -0.2) is 0 Å². The van der Waals surface area contributed by atoms with E-state index in [4.69, 9.17) is 0 Å². The van der Waals surface area contributed by atoms with Crippen molar-refractivity contribution in [2.75, 3.05) is 6.54 Å². The zero-order valence-electron chi connectivity index (χ0n) is 6.80. The van der Waals surface area contributed by atoms with Gasteiger partial charge in [-0.3, -0.25) is 0 Å². The first kappa shape index (κ1) is 8.02. The topological polar surface area (TPSA) is 32.3 Å². The van der Waals surface area contributed by atoms with E-state index in [-0.39, 0.29) is 6.10 Å². The molecule has 0 saturated carbocycles. The van der Waals surface area contributed by atoms with Crippen LogP contribution in [0.25, 0.3) is 0 Å². The van der Waals surface area contributed by atoms with Gasteiger partial charge in [0.15, 0.2) is 0 Å². The average molecular weight is 143 g/mol. The second-order valence-electron chi connectivity index (χ2n) is 3.28. The van der Waals surface area contributed by atoms with Crippen LogP contribution < -0.4 is 5.32 Å². The second-order valence-corrected chi connectivity index (χ2v) is 3.28. The minimum atomic E-state index is -0.0683. The fourth-order valence-electron chi connectivity index (χ4n) is 1.54. The molecule has 1 rings (SSSR count). The van der Waals surface area contributed by atoms with Gasteiger partial charge in [-0.05, 0) is 25.7 Å². The van der Waals surface area contributed by atoms with Crippen LogP contribution in [0, 0.1) is 5.92 Å². The molecule has 0 bridgehead atoms. The SMILES string of the molecule is CC[C@@H]1CNC(C)CC1O. The van der Waals surface area contributed by atoms with E-state index in [1.165, 1.54) is 0 Å². The van der Waals surface area contributed by atoms with Crippen LogP contribution in [-0.4, -0.2) is 23.8 Å². The summed E-state index contributed by atoms with van der Waals surface area (Å²) in [6, 6.07) is 0.498. The molecule has 0 aromatic carbocycles. The van der Waals surface area contributed by atoms with Crippen LogP contribution in [0.4, 0.5) is 0 Å². The van der Waals surface area contributed by atoms with Crippen LogP contribution in [0.1, 0.15) is 26.7 Å². The second kappa shape index (κ2) is 3.35. The van der Waals surface area contributed by atoms with Gasteiger partial charge < -0.3 is 10.4 Å². The Morgan fingerprint density at radius 2 is 2.30 bits per heavy atom. The Bertz CT molecular complexity index is 105. The Morgan fingerprint density at radius 3 is 2.80 bits per heavy atom. The van der Waals surface area contributed by atoms with Gasteiger partial charge >= 0.3 is 0 Å². The molecule has 2 N–H and O–H groups in total. The van der Waals surface area contributed by atoms with Crippen molar-refractivity contribution in [3.63, 3.8) is 0 Å². The summed E-state index contributed by atoms with van der Waals surface area (Å²) in [6.07, 6.45) is 1.93. The number of piperidine rings is 1. The molecule has 2 nitrogen and oxygen atoms in total. The van der Waals surface area contributed by atoms with Crippen LogP contribution in [0.5, 0.6) is 0 Å². The Balaban J connectivity index is 2.36. The molecule has 0 aliphatic carbocycles. The van der Waals surface area contributed by atoms with Crippen LogP contribution in [0.2, 0.25) is 0 Å². The standard InChI is InChI=1S/C8H17NO/c1-3-7-5-9-6(2)4-8(7)10/h6-10H,3-5H2,1-2H3/t6?,7-,8?/m1/s1. The summed E-state index contributed by atoms with van der Waals surface area (Å²) in [6.45, 7) is 5.24. The molecule has 0 spiro atoms. The third-order valence-corrected chi connectivity index (χ3v) is 2.39. The lowest BCUT2D eigenvalue weighted by molar-refractivity contribution is 0.0619. The zero-order chi connectivity index (χ0) is 7.56. The van der Waals surface area contributed by atoms with Gasteiger partial charge in [0.25, 0.3) is 0 Å². The van der Waals surface area contributed by atoms with Gasteiger partial charge in [-0.1, -0.05) is 6.92 Å². The number of aliphatic hydroxyl groups excluding tert-OH is 1. The Kier molecular flexibility index (Phi) is 2.69.